The van der Waals surface area contributed by atoms with Gasteiger partial charge in [-0.1, -0.05) is 54.6 Å². The van der Waals surface area contributed by atoms with E-state index in [0.717, 1.165) is 31.3 Å². The Labute approximate surface area is 172 Å². The minimum atomic E-state index is -0.155. The highest BCUT2D eigenvalue weighted by Crippen LogP contribution is 2.48. The Hall–Kier alpha value is -2.59. The van der Waals surface area contributed by atoms with E-state index in [-0.39, 0.29) is 11.5 Å². The molecule has 0 radical (unpaired) electrons. The lowest BCUT2D eigenvalue weighted by atomic mass is 9.75. The number of hydrogen-bond acceptors (Lipinski definition) is 4. The Morgan fingerprint density at radius 1 is 1.10 bits per heavy atom. The van der Waals surface area contributed by atoms with Gasteiger partial charge in [0, 0.05) is 31.1 Å². The summed E-state index contributed by atoms with van der Waals surface area (Å²) >= 11 is 0. The first-order valence-corrected chi connectivity index (χ1v) is 10.4. The van der Waals surface area contributed by atoms with Crippen LogP contribution >= 0.6 is 0 Å². The minimum absolute atomic E-state index is 0.155. The van der Waals surface area contributed by atoms with Crippen molar-refractivity contribution >= 4 is 11.7 Å². The number of rotatable bonds is 4. The molecule has 4 nitrogen and oxygen atoms in total. The van der Waals surface area contributed by atoms with Crippen molar-refractivity contribution in [3.63, 3.8) is 0 Å². The quantitative estimate of drug-likeness (QED) is 0.774. The van der Waals surface area contributed by atoms with Crippen molar-refractivity contribution in [2.75, 3.05) is 26.8 Å². The van der Waals surface area contributed by atoms with E-state index >= 15 is 0 Å². The second-order valence-corrected chi connectivity index (χ2v) is 8.94. The predicted molar refractivity (Wildman–Crippen MR) is 116 cm³/mol. The van der Waals surface area contributed by atoms with Crippen LogP contribution in [0.2, 0.25) is 0 Å². The molecule has 4 heteroatoms. The number of ether oxygens (including phenoxy) is 2. The monoisotopic (exact) mass is 388 g/mol. The summed E-state index contributed by atoms with van der Waals surface area (Å²) in [6.07, 6.45) is 0. The molecule has 0 saturated carbocycles. The van der Waals surface area contributed by atoms with Gasteiger partial charge in [0.05, 0.1) is 18.6 Å². The molecule has 1 fully saturated rings. The van der Waals surface area contributed by atoms with E-state index in [1.165, 1.54) is 22.3 Å². The molecule has 2 heterocycles. The summed E-state index contributed by atoms with van der Waals surface area (Å²) in [6, 6.07) is 19.3. The van der Waals surface area contributed by atoms with Gasteiger partial charge in [-0.15, -0.1) is 0 Å². The highest BCUT2D eigenvalue weighted by Gasteiger charge is 2.46. The molecule has 3 aliphatic rings. The van der Waals surface area contributed by atoms with Crippen molar-refractivity contribution in [2.45, 2.75) is 31.8 Å². The van der Waals surface area contributed by atoms with Gasteiger partial charge in [0.15, 0.2) is 5.90 Å². The van der Waals surface area contributed by atoms with Crippen LogP contribution in [-0.2, 0) is 16.0 Å². The maximum absolute atomic E-state index is 6.16. The molecule has 2 atom stereocenters. The van der Waals surface area contributed by atoms with Gasteiger partial charge < -0.3 is 9.47 Å². The molecule has 0 N–H and O–H groups in total. The predicted octanol–water partition coefficient (Wildman–Crippen LogP) is 4.48. The van der Waals surface area contributed by atoms with Gasteiger partial charge in [0.2, 0.25) is 0 Å². The van der Waals surface area contributed by atoms with Crippen LogP contribution in [0.5, 0.6) is 0 Å². The summed E-state index contributed by atoms with van der Waals surface area (Å²) in [4.78, 5) is 7.50. The number of aliphatic imine (C=N–C) groups is 1. The lowest BCUT2D eigenvalue weighted by molar-refractivity contribution is 0.261. The Bertz CT molecular complexity index is 977. The average molecular weight is 389 g/mol. The second-order valence-electron chi connectivity index (χ2n) is 8.94. The summed E-state index contributed by atoms with van der Waals surface area (Å²) in [5, 5.41) is 0. The molecule has 1 aliphatic carbocycles. The number of fused-ring (bicyclic) bond motifs is 2. The van der Waals surface area contributed by atoms with Crippen molar-refractivity contribution in [3.8, 4) is 0 Å². The van der Waals surface area contributed by atoms with Crippen molar-refractivity contribution in [1.29, 1.82) is 0 Å². The summed E-state index contributed by atoms with van der Waals surface area (Å²) < 4.78 is 12.1. The molecule has 29 heavy (non-hydrogen) atoms. The van der Waals surface area contributed by atoms with E-state index in [1.54, 1.807) is 7.11 Å². The summed E-state index contributed by atoms with van der Waals surface area (Å²) in [6.45, 7) is 7.78. The SMILES string of the molecule is COC1=C2CN(Cc3ccccc3)C[C@@H]2[C@@H](C2=NC(C)(C)CO2)c2ccccc21. The molecule has 2 aromatic rings. The molecule has 1 saturated heterocycles. The maximum atomic E-state index is 6.16. The van der Waals surface area contributed by atoms with Crippen LogP contribution in [0.3, 0.4) is 0 Å². The zero-order valence-electron chi connectivity index (χ0n) is 17.4. The third kappa shape index (κ3) is 3.25. The fourth-order valence-electron chi connectivity index (χ4n) is 5.00. The molecule has 0 aromatic heterocycles. The number of likely N-dealkylation sites (tertiary alicyclic amines) is 1. The highest BCUT2D eigenvalue weighted by atomic mass is 16.5. The number of nitrogens with zero attached hydrogens (tertiary/aromatic N) is 2. The van der Waals surface area contributed by atoms with Gasteiger partial charge in [-0.05, 0) is 30.5 Å². The van der Waals surface area contributed by atoms with Gasteiger partial charge in [-0.3, -0.25) is 4.90 Å². The largest absolute Gasteiger partial charge is 0.496 e. The van der Waals surface area contributed by atoms with Crippen LogP contribution in [-0.4, -0.2) is 43.1 Å². The number of methoxy groups -OCH3 is 1. The first-order chi connectivity index (χ1) is 14.1. The Morgan fingerprint density at radius 2 is 1.86 bits per heavy atom. The maximum Gasteiger partial charge on any atom is 0.192 e. The smallest absolute Gasteiger partial charge is 0.192 e. The topological polar surface area (TPSA) is 34.1 Å². The highest BCUT2D eigenvalue weighted by molar-refractivity contribution is 5.90. The number of benzene rings is 2. The second kappa shape index (κ2) is 7.03. The van der Waals surface area contributed by atoms with E-state index in [9.17, 15) is 0 Å². The van der Waals surface area contributed by atoms with Gasteiger partial charge >= 0.3 is 0 Å². The normalized spacial score (nSPS) is 25.3. The van der Waals surface area contributed by atoms with Gasteiger partial charge in [-0.2, -0.15) is 0 Å². The van der Waals surface area contributed by atoms with Gasteiger partial charge in [-0.25, -0.2) is 4.99 Å². The van der Waals surface area contributed by atoms with Crippen LogP contribution < -0.4 is 0 Å². The van der Waals surface area contributed by atoms with E-state index in [2.05, 4.69) is 73.3 Å². The van der Waals surface area contributed by atoms with Crippen molar-refractivity contribution < 1.29 is 9.47 Å². The van der Waals surface area contributed by atoms with Crippen molar-refractivity contribution in [2.24, 2.45) is 10.9 Å². The van der Waals surface area contributed by atoms with Crippen LogP contribution in [0, 0.1) is 5.92 Å². The zero-order valence-corrected chi connectivity index (χ0v) is 17.4. The lowest BCUT2D eigenvalue weighted by Crippen LogP contribution is -2.29. The van der Waals surface area contributed by atoms with Crippen LogP contribution in [0.4, 0.5) is 0 Å². The van der Waals surface area contributed by atoms with E-state index in [1.807, 2.05) is 0 Å². The van der Waals surface area contributed by atoms with E-state index in [4.69, 9.17) is 14.5 Å². The zero-order chi connectivity index (χ0) is 20.0. The van der Waals surface area contributed by atoms with Gasteiger partial charge in [0.25, 0.3) is 0 Å². The first-order valence-electron chi connectivity index (χ1n) is 10.4. The molecule has 0 spiro atoms. The molecule has 0 unspecified atom stereocenters. The minimum Gasteiger partial charge on any atom is -0.496 e. The molecule has 2 aromatic carbocycles. The molecule has 2 aliphatic heterocycles. The lowest BCUT2D eigenvalue weighted by Gasteiger charge is -2.32. The fraction of sp³-hybridized carbons (Fsp3) is 0.400. The van der Waals surface area contributed by atoms with Crippen molar-refractivity contribution in [1.82, 2.24) is 4.90 Å². The average Bonchev–Trinajstić information content (AvgIpc) is 3.29. The summed E-state index contributed by atoms with van der Waals surface area (Å²) in [5.74, 6) is 2.41. The molecule has 150 valence electrons. The van der Waals surface area contributed by atoms with E-state index < -0.39 is 0 Å². The molecular weight excluding hydrogens is 360 g/mol. The summed E-state index contributed by atoms with van der Waals surface area (Å²) in [7, 11) is 1.79. The van der Waals surface area contributed by atoms with E-state index in [0.29, 0.717) is 12.5 Å². The van der Waals surface area contributed by atoms with Crippen molar-refractivity contribution in [3.05, 3.63) is 76.9 Å². The molecular formula is C25H28N2O2. The molecule has 0 amide bonds. The number of hydrogen-bond donors (Lipinski definition) is 0. The molecule has 5 rings (SSSR count). The Balaban J connectivity index is 1.55. The van der Waals surface area contributed by atoms with Gasteiger partial charge in [0.1, 0.15) is 12.4 Å². The van der Waals surface area contributed by atoms with Crippen LogP contribution in [0.15, 0.2) is 65.2 Å². The van der Waals surface area contributed by atoms with Crippen LogP contribution in [0.25, 0.3) is 5.76 Å². The third-order valence-corrected chi connectivity index (χ3v) is 6.24. The molecule has 0 bridgehead atoms. The first kappa shape index (κ1) is 18.4. The summed E-state index contributed by atoms with van der Waals surface area (Å²) in [5.41, 5.74) is 5.02. The third-order valence-electron chi connectivity index (χ3n) is 6.24. The fourth-order valence-corrected chi connectivity index (χ4v) is 5.00. The van der Waals surface area contributed by atoms with Crippen LogP contribution in [0.1, 0.15) is 36.5 Å². The Morgan fingerprint density at radius 3 is 2.59 bits per heavy atom. The standard InChI is InChI=1S/C25H28N2O2/c1-25(2)16-29-24(26-25)22-18-11-7-8-12-19(18)23(28-3)21-15-27(14-20(21)22)13-17-9-5-4-6-10-17/h4-12,20,22H,13-16H2,1-3H3/t20-,22-/m0/s1. The Kier molecular flexibility index (Phi) is 4.47.